The third-order valence-corrected chi connectivity index (χ3v) is 1.34. The van der Waals surface area contributed by atoms with Crippen LogP contribution in [0.2, 0.25) is 0 Å². The largest absolute Gasteiger partial charge is 0.457 e. The van der Waals surface area contributed by atoms with Crippen LogP contribution >= 0.6 is 0 Å². The molecule has 0 aromatic heterocycles. The van der Waals surface area contributed by atoms with Gasteiger partial charge in [-0.2, -0.15) is 22.0 Å². The normalized spacial score (nSPS) is 16.0. The zero-order valence-corrected chi connectivity index (χ0v) is 6.27. The van der Waals surface area contributed by atoms with Gasteiger partial charge in [0, 0.05) is 5.57 Å². The quantitative estimate of drug-likeness (QED) is 0.558. The van der Waals surface area contributed by atoms with E-state index in [1.807, 2.05) is 0 Å². The molecule has 72 valence electrons. The van der Waals surface area contributed by atoms with Crippen molar-refractivity contribution in [3.8, 4) is 0 Å². The molecule has 0 nitrogen and oxygen atoms in total. The average Bonchev–Trinajstić information content (AvgIpc) is 1.83. The van der Waals surface area contributed by atoms with Crippen molar-refractivity contribution in [2.24, 2.45) is 0 Å². The summed E-state index contributed by atoms with van der Waals surface area (Å²) in [5, 5.41) is 0. The van der Waals surface area contributed by atoms with Crippen LogP contribution in [-0.2, 0) is 0 Å². The summed E-state index contributed by atoms with van der Waals surface area (Å²) in [6.07, 6.45) is -5.73. The van der Waals surface area contributed by atoms with Gasteiger partial charge in [-0.25, -0.2) is 4.39 Å². The van der Waals surface area contributed by atoms with Crippen molar-refractivity contribution in [2.45, 2.75) is 25.9 Å². The van der Waals surface area contributed by atoms with Crippen LogP contribution < -0.4 is 0 Å². The molecular formula is C6H6F6. The molecule has 0 aromatic rings. The van der Waals surface area contributed by atoms with Crippen LogP contribution in [0.4, 0.5) is 26.3 Å². The van der Waals surface area contributed by atoms with Crippen LogP contribution in [0.15, 0.2) is 11.4 Å². The molecule has 0 aliphatic carbocycles. The smallest absolute Gasteiger partial charge is 0.212 e. The highest BCUT2D eigenvalue weighted by atomic mass is 19.4. The number of rotatable bonds is 1. The number of allylic oxidation sites excluding steroid dienone is 2. The van der Waals surface area contributed by atoms with Crippen molar-refractivity contribution in [1.82, 2.24) is 0 Å². The lowest BCUT2D eigenvalue weighted by molar-refractivity contribution is -0.264. The molecule has 0 N–H and O–H groups in total. The zero-order valence-electron chi connectivity index (χ0n) is 6.27. The number of alkyl halides is 5. The summed E-state index contributed by atoms with van der Waals surface area (Å²) < 4.78 is 70.8. The molecular weight excluding hydrogens is 186 g/mol. The number of halogens is 6. The van der Waals surface area contributed by atoms with Crippen molar-refractivity contribution < 1.29 is 26.3 Å². The molecule has 0 fully saturated rings. The number of hydrogen-bond donors (Lipinski definition) is 0. The molecule has 0 saturated carbocycles. The Morgan fingerprint density at radius 2 is 1.25 bits per heavy atom. The van der Waals surface area contributed by atoms with Crippen molar-refractivity contribution in [3.05, 3.63) is 11.4 Å². The van der Waals surface area contributed by atoms with E-state index in [1.165, 1.54) is 0 Å². The fourth-order valence-corrected chi connectivity index (χ4v) is 0.429. The van der Waals surface area contributed by atoms with Gasteiger partial charge in [0.25, 0.3) is 0 Å². The summed E-state index contributed by atoms with van der Waals surface area (Å²) in [6, 6.07) is 0. The van der Waals surface area contributed by atoms with E-state index in [1.54, 1.807) is 0 Å². The van der Waals surface area contributed by atoms with E-state index in [2.05, 4.69) is 0 Å². The van der Waals surface area contributed by atoms with Crippen LogP contribution in [0.1, 0.15) is 13.8 Å². The van der Waals surface area contributed by atoms with E-state index < -0.39 is 23.5 Å². The summed E-state index contributed by atoms with van der Waals surface area (Å²) in [4.78, 5) is 0. The Balaban J connectivity index is 5.01. The van der Waals surface area contributed by atoms with Gasteiger partial charge in [0.2, 0.25) is 0 Å². The van der Waals surface area contributed by atoms with Gasteiger partial charge in [-0.15, -0.1) is 0 Å². The summed E-state index contributed by atoms with van der Waals surface area (Å²) >= 11 is 0. The minimum atomic E-state index is -5.73. The van der Waals surface area contributed by atoms with Gasteiger partial charge in [-0.3, -0.25) is 0 Å². The van der Waals surface area contributed by atoms with Gasteiger partial charge in [-0.05, 0) is 13.8 Å². The molecule has 0 spiro atoms. The summed E-state index contributed by atoms with van der Waals surface area (Å²) in [5.41, 5.74) is -1.60. The van der Waals surface area contributed by atoms with E-state index in [4.69, 9.17) is 0 Å². The minimum absolute atomic E-state index is 0.406. The van der Waals surface area contributed by atoms with E-state index in [0.717, 1.165) is 0 Å². The van der Waals surface area contributed by atoms with Gasteiger partial charge in [0.05, 0.1) is 0 Å². The molecule has 12 heavy (non-hydrogen) atoms. The monoisotopic (exact) mass is 192 g/mol. The topological polar surface area (TPSA) is 0 Å². The second-order valence-corrected chi connectivity index (χ2v) is 2.23. The number of hydrogen-bond acceptors (Lipinski definition) is 0. The highest BCUT2D eigenvalue weighted by Crippen LogP contribution is 2.41. The molecule has 0 aromatic carbocycles. The molecule has 6 heteroatoms. The molecule has 0 rings (SSSR count). The van der Waals surface area contributed by atoms with E-state index in [9.17, 15) is 26.3 Å². The molecule has 0 aliphatic rings. The molecule has 0 bridgehead atoms. The molecule has 0 atom stereocenters. The van der Waals surface area contributed by atoms with Crippen molar-refractivity contribution in [1.29, 1.82) is 0 Å². The van der Waals surface area contributed by atoms with E-state index >= 15 is 0 Å². The van der Waals surface area contributed by atoms with Gasteiger partial charge in [-0.1, -0.05) is 0 Å². The maximum Gasteiger partial charge on any atom is 0.457 e. The predicted molar refractivity (Wildman–Crippen MR) is 30.5 cm³/mol. The van der Waals surface area contributed by atoms with E-state index in [0.29, 0.717) is 13.8 Å². The van der Waals surface area contributed by atoms with Crippen molar-refractivity contribution >= 4 is 0 Å². The minimum Gasteiger partial charge on any atom is -0.212 e. The van der Waals surface area contributed by atoms with E-state index in [-0.39, 0.29) is 0 Å². The van der Waals surface area contributed by atoms with Gasteiger partial charge >= 0.3 is 12.1 Å². The van der Waals surface area contributed by atoms with Crippen LogP contribution in [0.5, 0.6) is 0 Å². The van der Waals surface area contributed by atoms with Gasteiger partial charge in [0.15, 0.2) is 0 Å². The Kier molecular flexibility index (Phi) is 2.82. The van der Waals surface area contributed by atoms with Crippen molar-refractivity contribution in [3.63, 3.8) is 0 Å². The Bertz CT molecular complexity index is 195. The zero-order chi connectivity index (χ0) is 10.2. The third kappa shape index (κ3) is 1.92. The van der Waals surface area contributed by atoms with Gasteiger partial charge < -0.3 is 0 Å². The van der Waals surface area contributed by atoms with Gasteiger partial charge in [0.1, 0.15) is 5.83 Å². The lowest BCUT2D eigenvalue weighted by Crippen LogP contribution is -2.37. The van der Waals surface area contributed by atoms with Crippen LogP contribution in [0.25, 0.3) is 0 Å². The van der Waals surface area contributed by atoms with Crippen LogP contribution in [0, 0.1) is 0 Å². The summed E-state index contributed by atoms with van der Waals surface area (Å²) in [5.74, 6) is -6.59. The third-order valence-electron chi connectivity index (χ3n) is 1.34. The predicted octanol–water partition coefficient (Wildman–Crippen LogP) is 3.45. The first-order valence-electron chi connectivity index (χ1n) is 2.88. The first-order valence-corrected chi connectivity index (χ1v) is 2.88. The maximum atomic E-state index is 12.2. The first kappa shape index (κ1) is 11.3. The first-order chi connectivity index (χ1) is 5.10. The summed E-state index contributed by atoms with van der Waals surface area (Å²) in [6.45, 7) is 0.956. The lowest BCUT2D eigenvalue weighted by atomic mass is 10.1. The SMILES string of the molecule is C/C(F)=C(/C)C(F)(F)C(F)(F)F. The highest BCUT2D eigenvalue weighted by Gasteiger charge is 2.59. The average molecular weight is 192 g/mol. The second-order valence-electron chi connectivity index (χ2n) is 2.23. The lowest BCUT2D eigenvalue weighted by Gasteiger charge is -2.20. The fourth-order valence-electron chi connectivity index (χ4n) is 0.429. The Morgan fingerprint density at radius 3 is 1.33 bits per heavy atom. The molecule has 0 heterocycles. The Hall–Kier alpha value is -0.680. The molecule has 0 radical (unpaired) electrons. The highest BCUT2D eigenvalue weighted by molar-refractivity contribution is 5.15. The van der Waals surface area contributed by atoms with Crippen LogP contribution in [-0.4, -0.2) is 12.1 Å². The fraction of sp³-hybridized carbons (Fsp3) is 0.667. The van der Waals surface area contributed by atoms with Crippen molar-refractivity contribution in [2.75, 3.05) is 0 Å². The Labute approximate surface area is 64.9 Å². The molecule has 0 aliphatic heterocycles. The molecule has 0 unspecified atom stereocenters. The second kappa shape index (κ2) is 2.99. The summed E-state index contributed by atoms with van der Waals surface area (Å²) in [7, 11) is 0. The maximum absolute atomic E-state index is 12.2. The Morgan fingerprint density at radius 1 is 0.917 bits per heavy atom. The van der Waals surface area contributed by atoms with Crippen LogP contribution in [0.3, 0.4) is 0 Å². The molecule has 0 amide bonds. The molecule has 0 saturated heterocycles. The standard InChI is InChI=1S/C6H6F6/c1-3(4(2)7)5(8,9)6(10,11)12/h1-2H3/b4-3+.